The Hall–Kier alpha value is -3.36. The summed E-state index contributed by atoms with van der Waals surface area (Å²) < 4.78 is 4.02. The van der Waals surface area contributed by atoms with Crippen LogP contribution in [0.5, 0.6) is 0 Å². The lowest BCUT2D eigenvalue weighted by atomic mass is 10.1. The Morgan fingerprint density at radius 1 is 1.10 bits per heavy atom. The minimum absolute atomic E-state index is 0.105. The number of piperidine rings is 1. The molecule has 3 heterocycles. The van der Waals surface area contributed by atoms with E-state index in [1.165, 1.54) is 42.9 Å². The normalized spacial score (nSPS) is 14.2. The Morgan fingerprint density at radius 3 is 2.65 bits per heavy atom. The van der Waals surface area contributed by atoms with Crippen molar-refractivity contribution in [2.75, 3.05) is 18.0 Å². The highest BCUT2D eigenvalue weighted by molar-refractivity contribution is 5.76. The Bertz CT molecular complexity index is 1220. The summed E-state index contributed by atoms with van der Waals surface area (Å²) in [5.41, 5.74) is 2.08. The Balaban J connectivity index is 1.38. The number of aromatic nitrogens is 4. The standard InChI is InChI=1S/C22H28N6O3/c1-25-20-19(21(30)26(2)22(25)31)28(15-24-20)12-9-18(29)23-14-16-7-6-8-17(13-16)27-10-4-3-5-11-27/h6-8,13,15H,3-5,9-12,14H2,1-2H3,(H,23,29). The molecule has 0 bridgehead atoms. The molecule has 1 aliphatic heterocycles. The van der Waals surface area contributed by atoms with Gasteiger partial charge in [0.05, 0.1) is 6.33 Å². The Labute approximate surface area is 179 Å². The molecule has 0 aliphatic carbocycles. The van der Waals surface area contributed by atoms with E-state index >= 15 is 0 Å². The molecule has 1 fully saturated rings. The van der Waals surface area contributed by atoms with Gasteiger partial charge < -0.3 is 14.8 Å². The first kappa shape index (κ1) is 20.9. The summed E-state index contributed by atoms with van der Waals surface area (Å²) >= 11 is 0. The molecular weight excluding hydrogens is 396 g/mol. The van der Waals surface area contributed by atoms with Crippen molar-refractivity contribution < 1.29 is 4.79 Å². The molecular formula is C22H28N6O3. The molecule has 1 aromatic carbocycles. The summed E-state index contributed by atoms with van der Waals surface area (Å²) in [6.45, 7) is 2.94. The zero-order chi connectivity index (χ0) is 22.0. The third kappa shape index (κ3) is 4.26. The van der Waals surface area contributed by atoms with Gasteiger partial charge in [-0.15, -0.1) is 0 Å². The molecule has 1 N–H and O–H groups in total. The van der Waals surface area contributed by atoms with Gasteiger partial charge in [-0.3, -0.25) is 18.7 Å². The predicted octanol–water partition coefficient (Wildman–Crippen LogP) is 1.13. The monoisotopic (exact) mass is 424 g/mol. The van der Waals surface area contributed by atoms with Crippen molar-refractivity contribution in [3.05, 3.63) is 57.0 Å². The van der Waals surface area contributed by atoms with E-state index in [2.05, 4.69) is 27.3 Å². The van der Waals surface area contributed by atoms with E-state index in [0.29, 0.717) is 24.3 Å². The van der Waals surface area contributed by atoms with Crippen molar-refractivity contribution in [1.29, 1.82) is 0 Å². The first-order valence-electron chi connectivity index (χ1n) is 10.7. The lowest BCUT2D eigenvalue weighted by molar-refractivity contribution is -0.121. The average Bonchev–Trinajstić information content (AvgIpc) is 3.23. The quantitative estimate of drug-likeness (QED) is 0.640. The van der Waals surface area contributed by atoms with Crippen LogP contribution in [-0.2, 0) is 32.0 Å². The molecule has 0 unspecified atom stereocenters. The summed E-state index contributed by atoms with van der Waals surface area (Å²) in [5.74, 6) is -0.105. The molecule has 3 aromatic rings. The van der Waals surface area contributed by atoms with Crippen molar-refractivity contribution in [1.82, 2.24) is 24.0 Å². The van der Waals surface area contributed by atoms with E-state index in [0.717, 1.165) is 23.2 Å². The number of hydrogen-bond acceptors (Lipinski definition) is 5. The van der Waals surface area contributed by atoms with E-state index in [1.54, 1.807) is 11.6 Å². The van der Waals surface area contributed by atoms with Crippen molar-refractivity contribution in [2.24, 2.45) is 14.1 Å². The van der Waals surface area contributed by atoms with Crippen molar-refractivity contribution in [3.8, 4) is 0 Å². The van der Waals surface area contributed by atoms with Gasteiger partial charge in [0.25, 0.3) is 5.56 Å². The molecule has 4 rings (SSSR count). The van der Waals surface area contributed by atoms with Gasteiger partial charge in [0.2, 0.25) is 5.91 Å². The van der Waals surface area contributed by atoms with Gasteiger partial charge in [0, 0.05) is 52.4 Å². The van der Waals surface area contributed by atoms with Crippen LogP contribution in [0, 0.1) is 0 Å². The molecule has 0 atom stereocenters. The molecule has 1 saturated heterocycles. The predicted molar refractivity (Wildman–Crippen MR) is 119 cm³/mol. The number of benzene rings is 1. The fourth-order valence-corrected chi connectivity index (χ4v) is 4.09. The second-order valence-electron chi connectivity index (χ2n) is 8.06. The summed E-state index contributed by atoms with van der Waals surface area (Å²) in [6.07, 6.45) is 5.45. The van der Waals surface area contributed by atoms with Gasteiger partial charge in [-0.2, -0.15) is 0 Å². The van der Waals surface area contributed by atoms with Crippen LogP contribution < -0.4 is 21.5 Å². The third-order valence-corrected chi connectivity index (χ3v) is 5.92. The minimum atomic E-state index is -0.424. The minimum Gasteiger partial charge on any atom is -0.372 e. The van der Waals surface area contributed by atoms with E-state index < -0.39 is 11.2 Å². The first-order valence-corrected chi connectivity index (χ1v) is 10.7. The molecule has 9 heteroatoms. The molecule has 0 spiro atoms. The van der Waals surface area contributed by atoms with Crippen LogP contribution in [0.15, 0.2) is 40.2 Å². The number of anilines is 1. The van der Waals surface area contributed by atoms with Crippen LogP contribution in [0.2, 0.25) is 0 Å². The number of nitrogens with zero attached hydrogens (tertiary/aromatic N) is 5. The topological polar surface area (TPSA) is 94.2 Å². The van der Waals surface area contributed by atoms with E-state index in [4.69, 9.17) is 0 Å². The number of carbonyl (C=O) groups is 1. The van der Waals surface area contributed by atoms with Gasteiger partial charge >= 0.3 is 5.69 Å². The van der Waals surface area contributed by atoms with Crippen molar-refractivity contribution in [2.45, 2.75) is 38.8 Å². The van der Waals surface area contributed by atoms with Gasteiger partial charge in [-0.25, -0.2) is 9.78 Å². The average molecular weight is 425 g/mol. The highest BCUT2D eigenvalue weighted by Gasteiger charge is 2.15. The number of imidazole rings is 1. The molecule has 0 saturated carbocycles. The molecule has 31 heavy (non-hydrogen) atoms. The van der Waals surface area contributed by atoms with E-state index in [1.807, 2.05) is 12.1 Å². The van der Waals surface area contributed by atoms with Crippen LogP contribution in [0.25, 0.3) is 11.2 Å². The van der Waals surface area contributed by atoms with Gasteiger partial charge in [-0.05, 0) is 37.0 Å². The summed E-state index contributed by atoms with van der Waals surface area (Å²) in [5, 5.41) is 2.96. The zero-order valence-corrected chi connectivity index (χ0v) is 18.0. The maximum Gasteiger partial charge on any atom is 0.332 e. The zero-order valence-electron chi connectivity index (χ0n) is 18.0. The highest BCUT2D eigenvalue weighted by atomic mass is 16.2. The maximum absolute atomic E-state index is 12.5. The third-order valence-electron chi connectivity index (χ3n) is 5.92. The first-order chi connectivity index (χ1) is 15.0. The number of rotatable bonds is 6. The second kappa shape index (κ2) is 8.79. The fourth-order valence-electron chi connectivity index (χ4n) is 4.09. The summed E-state index contributed by atoms with van der Waals surface area (Å²) in [4.78, 5) is 43.5. The molecule has 9 nitrogen and oxygen atoms in total. The summed E-state index contributed by atoms with van der Waals surface area (Å²) in [7, 11) is 3.01. The van der Waals surface area contributed by atoms with Crippen LogP contribution >= 0.6 is 0 Å². The Kier molecular flexibility index (Phi) is 5.92. The number of fused-ring (bicyclic) bond motifs is 1. The lowest BCUT2D eigenvalue weighted by Gasteiger charge is -2.29. The number of aryl methyl sites for hydroxylation is 2. The van der Waals surface area contributed by atoms with Crippen LogP contribution in [0.4, 0.5) is 5.69 Å². The highest BCUT2D eigenvalue weighted by Crippen LogP contribution is 2.20. The number of amides is 1. The molecule has 1 aliphatic rings. The second-order valence-corrected chi connectivity index (χ2v) is 8.06. The van der Waals surface area contributed by atoms with Crippen LogP contribution in [0.1, 0.15) is 31.2 Å². The fraction of sp³-hybridized carbons (Fsp3) is 0.455. The smallest absolute Gasteiger partial charge is 0.332 e. The van der Waals surface area contributed by atoms with E-state index in [-0.39, 0.29) is 12.3 Å². The van der Waals surface area contributed by atoms with Gasteiger partial charge in [-0.1, -0.05) is 12.1 Å². The van der Waals surface area contributed by atoms with E-state index in [9.17, 15) is 14.4 Å². The SMILES string of the molecule is Cn1c(=O)c2c(ncn2CCC(=O)NCc2cccc(N3CCCCC3)c2)n(C)c1=O. The largest absolute Gasteiger partial charge is 0.372 e. The number of hydrogen-bond donors (Lipinski definition) is 1. The maximum atomic E-state index is 12.5. The molecule has 0 radical (unpaired) electrons. The summed E-state index contributed by atoms with van der Waals surface area (Å²) in [6, 6.07) is 8.30. The van der Waals surface area contributed by atoms with Crippen LogP contribution in [0.3, 0.4) is 0 Å². The van der Waals surface area contributed by atoms with Crippen molar-refractivity contribution in [3.63, 3.8) is 0 Å². The van der Waals surface area contributed by atoms with Gasteiger partial charge in [0.15, 0.2) is 11.2 Å². The van der Waals surface area contributed by atoms with Gasteiger partial charge in [0.1, 0.15) is 0 Å². The lowest BCUT2D eigenvalue weighted by Crippen LogP contribution is -2.37. The molecule has 2 aromatic heterocycles. The molecule has 164 valence electrons. The number of carbonyl (C=O) groups excluding carboxylic acids is 1. The Morgan fingerprint density at radius 2 is 1.87 bits per heavy atom. The van der Waals surface area contributed by atoms with Crippen LogP contribution in [-0.4, -0.2) is 37.7 Å². The van der Waals surface area contributed by atoms with Crippen molar-refractivity contribution >= 4 is 22.8 Å². The number of nitrogens with one attached hydrogen (secondary N) is 1. The molecule has 1 amide bonds.